The van der Waals surface area contributed by atoms with E-state index in [1.54, 1.807) is 6.07 Å². The number of halogens is 2. The summed E-state index contributed by atoms with van der Waals surface area (Å²) < 4.78 is 0. The average Bonchev–Trinajstić information content (AvgIpc) is 2.13. The van der Waals surface area contributed by atoms with E-state index in [0.717, 1.165) is 22.0 Å². The molecule has 0 radical (unpaired) electrons. The zero-order valence-corrected chi connectivity index (χ0v) is 9.28. The Hall–Kier alpha value is -0.240. The smallest absolute Gasteiger partial charge is 0.0454 e. The first kappa shape index (κ1) is 10.8. The van der Waals surface area contributed by atoms with E-state index in [9.17, 15) is 0 Å². The van der Waals surface area contributed by atoms with Crippen LogP contribution in [0.5, 0.6) is 0 Å². The summed E-state index contributed by atoms with van der Waals surface area (Å²) in [7, 11) is 1.92. The van der Waals surface area contributed by atoms with Gasteiger partial charge in [0.05, 0.1) is 0 Å². The van der Waals surface area contributed by atoms with Gasteiger partial charge in [0.15, 0.2) is 0 Å². The van der Waals surface area contributed by atoms with Crippen LogP contribution < -0.4 is 5.32 Å². The van der Waals surface area contributed by atoms with Gasteiger partial charge in [-0.3, -0.25) is 0 Å². The van der Waals surface area contributed by atoms with E-state index in [0.29, 0.717) is 0 Å². The molecule has 1 rings (SSSR count). The first-order valence-corrected chi connectivity index (χ1v) is 5.06. The van der Waals surface area contributed by atoms with E-state index in [4.69, 9.17) is 23.2 Å². The van der Waals surface area contributed by atoms with Crippen molar-refractivity contribution in [2.75, 3.05) is 7.05 Å². The van der Waals surface area contributed by atoms with Crippen molar-refractivity contribution in [1.82, 2.24) is 5.32 Å². The van der Waals surface area contributed by atoms with Crippen LogP contribution in [-0.2, 0) is 0 Å². The van der Waals surface area contributed by atoms with Gasteiger partial charge in [-0.25, -0.2) is 0 Å². The van der Waals surface area contributed by atoms with Crippen molar-refractivity contribution in [2.45, 2.75) is 19.4 Å². The Labute approximate surface area is 89.0 Å². The maximum absolute atomic E-state index is 6.05. The molecule has 0 saturated heterocycles. The van der Waals surface area contributed by atoms with Gasteiger partial charge < -0.3 is 5.32 Å². The second-order valence-electron chi connectivity index (χ2n) is 2.92. The van der Waals surface area contributed by atoms with Gasteiger partial charge in [-0.1, -0.05) is 30.1 Å². The molecule has 0 bridgehead atoms. The third kappa shape index (κ3) is 2.60. The predicted molar refractivity (Wildman–Crippen MR) is 58.6 cm³/mol. The molecule has 1 N–H and O–H groups in total. The molecule has 0 saturated carbocycles. The Morgan fingerprint density at radius 1 is 1.38 bits per heavy atom. The highest BCUT2D eigenvalue weighted by Crippen LogP contribution is 2.27. The van der Waals surface area contributed by atoms with Crippen LogP contribution in [0.4, 0.5) is 0 Å². The molecule has 1 atom stereocenters. The summed E-state index contributed by atoms with van der Waals surface area (Å²) in [6.07, 6.45) is 0.997. The van der Waals surface area contributed by atoms with Crippen molar-refractivity contribution in [3.8, 4) is 0 Å². The molecule has 0 aliphatic carbocycles. The minimum Gasteiger partial charge on any atom is -0.313 e. The summed E-state index contributed by atoms with van der Waals surface area (Å²) in [5.74, 6) is 0. The van der Waals surface area contributed by atoms with E-state index in [1.807, 2.05) is 19.2 Å². The van der Waals surface area contributed by atoms with Gasteiger partial charge in [0.2, 0.25) is 0 Å². The van der Waals surface area contributed by atoms with Gasteiger partial charge in [0.1, 0.15) is 0 Å². The van der Waals surface area contributed by atoms with Crippen LogP contribution in [0.15, 0.2) is 18.2 Å². The van der Waals surface area contributed by atoms with Crippen LogP contribution in [0, 0.1) is 0 Å². The highest BCUT2D eigenvalue weighted by atomic mass is 35.5. The van der Waals surface area contributed by atoms with Gasteiger partial charge >= 0.3 is 0 Å². The number of hydrogen-bond acceptors (Lipinski definition) is 1. The number of benzene rings is 1. The van der Waals surface area contributed by atoms with E-state index < -0.39 is 0 Å². The van der Waals surface area contributed by atoms with Crippen molar-refractivity contribution in [3.05, 3.63) is 33.8 Å². The third-order valence-electron chi connectivity index (χ3n) is 2.09. The molecule has 1 aromatic carbocycles. The highest BCUT2D eigenvalue weighted by Gasteiger charge is 2.10. The van der Waals surface area contributed by atoms with Crippen LogP contribution >= 0.6 is 23.2 Å². The van der Waals surface area contributed by atoms with E-state index in [2.05, 4.69) is 12.2 Å². The number of nitrogens with one attached hydrogen (secondary N) is 1. The molecule has 72 valence electrons. The second kappa shape index (κ2) is 4.85. The normalized spacial score (nSPS) is 12.9. The maximum atomic E-state index is 6.05. The Balaban J connectivity index is 3.03. The lowest BCUT2D eigenvalue weighted by Crippen LogP contribution is -2.15. The van der Waals surface area contributed by atoms with Crippen LogP contribution in [0.3, 0.4) is 0 Å². The van der Waals surface area contributed by atoms with Crippen LogP contribution in [0.25, 0.3) is 0 Å². The summed E-state index contributed by atoms with van der Waals surface area (Å²) in [6, 6.07) is 5.83. The predicted octanol–water partition coefficient (Wildman–Crippen LogP) is 3.66. The molecule has 13 heavy (non-hydrogen) atoms. The maximum Gasteiger partial charge on any atom is 0.0454 e. The quantitative estimate of drug-likeness (QED) is 0.816. The lowest BCUT2D eigenvalue weighted by atomic mass is 10.1. The summed E-state index contributed by atoms with van der Waals surface area (Å²) in [4.78, 5) is 0. The zero-order valence-electron chi connectivity index (χ0n) is 7.77. The first-order chi connectivity index (χ1) is 6.19. The van der Waals surface area contributed by atoms with Gasteiger partial charge in [-0.05, 0) is 37.2 Å². The van der Waals surface area contributed by atoms with E-state index in [1.165, 1.54) is 0 Å². The lowest BCUT2D eigenvalue weighted by molar-refractivity contribution is 0.577. The Bertz CT molecular complexity index is 282. The lowest BCUT2D eigenvalue weighted by Gasteiger charge is -2.15. The van der Waals surface area contributed by atoms with Crippen molar-refractivity contribution < 1.29 is 0 Å². The van der Waals surface area contributed by atoms with Crippen molar-refractivity contribution in [3.63, 3.8) is 0 Å². The van der Waals surface area contributed by atoms with Crippen molar-refractivity contribution in [2.24, 2.45) is 0 Å². The molecule has 0 aliphatic rings. The largest absolute Gasteiger partial charge is 0.313 e. The summed E-state index contributed by atoms with van der Waals surface area (Å²) in [6.45, 7) is 2.11. The summed E-state index contributed by atoms with van der Waals surface area (Å²) >= 11 is 11.9. The highest BCUT2D eigenvalue weighted by molar-refractivity contribution is 6.33. The van der Waals surface area contributed by atoms with Gasteiger partial charge in [-0.2, -0.15) is 0 Å². The van der Waals surface area contributed by atoms with Crippen molar-refractivity contribution in [1.29, 1.82) is 0 Å². The number of hydrogen-bond donors (Lipinski definition) is 1. The molecule has 0 spiro atoms. The van der Waals surface area contributed by atoms with Crippen LogP contribution in [-0.4, -0.2) is 7.05 Å². The molecule has 1 aromatic rings. The molecular formula is C10H13Cl2N. The summed E-state index contributed by atoms with van der Waals surface area (Å²) in [5, 5.41) is 4.69. The third-order valence-corrected chi connectivity index (χ3v) is 2.67. The molecule has 1 nitrogen and oxygen atoms in total. The van der Waals surface area contributed by atoms with Crippen LogP contribution in [0.1, 0.15) is 24.9 Å². The fourth-order valence-corrected chi connectivity index (χ4v) is 1.79. The van der Waals surface area contributed by atoms with E-state index >= 15 is 0 Å². The molecule has 0 fully saturated rings. The van der Waals surface area contributed by atoms with E-state index in [-0.39, 0.29) is 6.04 Å². The minimum atomic E-state index is 0.284. The Morgan fingerprint density at radius 2 is 2.08 bits per heavy atom. The molecule has 0 aromatic heterocycles. The Kier molecular flexibility index (Phi) is 4.04. The molecule has 0 amide bonds. The second-order valence-corrected chi connectivity index (χ2v) is 3.76. The zero-order chi connectivity index (χ0) is 9.84. The standard InChI is InChI=1S/C10H13Cl2N/c1-3-10(13-2)8-6-7(11)4-5-9(8)12/h4-6,10,13H,3H2,1-2H3. The Morgan fingerprint density at radius 3 is 2.62 bits per heavy atom. The average molecular weight is 218 g/mol. The van der Waals surface area contributed by atoms with Crippen LogP contribution in [0.2, 0.25) is 10.0 Å². The molecule has 3 heteroatoms. The van der Waals surface area contributed by atoms with Gasteiger partial charge in [0.25, 0.3) is 0 Å². The SMILES string of the molecule is CCC(NC)c1cc(Cl)ccc1Cl. The minimum absolute atomic E-state index is 0.284. The topological polar surface area (TPSA) is 12.0 Å². The monoisotopic (exact) mass is 217 g/mol. The van der Waals surface area contributed by atoms with Crippen molar-refractivity contribution >= 4 is 23.2 Å². The molecule has 0 aliphatic heterocycles. The molecule has 0 heterocycles. The van der Waals surface area contributed by atoms with Gasteiger partial charge in [-0.15, -0.1) is 0 Å². The number of rotatable bonds is 3. The van der Waals surface area contributed by atoms with Gasteiger partial charge in [0, 0.05) is 16.1 Å². The summed E-state index contributed by atoms with van der Waals surface area (Å²) in [5.41, 5.74) is 1.07. The molecule has 1 unspecified atom stereocenters. The molecular weight excluding hydrogens is 205 g/mol. The first-order valence-electron chi connectivity index (χ1n) is 4.31. The fraction of sp³-hybridized carbons (Fsp3) is 0.400. The fourth-order valence-electron chi connectivity index (χ4n) is 1.36.